The van der Waals surface area contributed by atoms with Gasteiger partial charge in [-0.2, -0.15) is 0 Å². The molecule has 94 valence electrons. The summed E-state index contributed by atoms with van der Waals surface area (Å²) in [5.41, 5.74) is 0.574. The van der Waals surface area contributed by atoms with Crippen molar-refractivity contribution in [3.63, 3.8) is 0 Å². The first-order chi connectivity index (χ1) is 7.84. The summed E-state index contributed by atoms with van der Waals surface area (Å²) in [5.74, 6) is -0.167. The van der Waals surface area contributed by atoms with Gasteiger partial charge in [-0.05, 0) is 38.2 Å². The summed E-state index contributed by atoms with van der Waals surface area (Å²) >= 11 is 0. The fraction of sp³-hybridized carbons (Fsp3) is 0.364. The minimum absolute atomic E-state index is 0.167. The minimum atomic E-state index is -3.19. The van der Waals surface area contributed by atoms with Crippen LogP contribution in [0.4, 0.5) is 5.69 Å². The molecule has 0 fully saturated rings. The number of amides is 1. The Morgan fingerprint density at radius 3 is 2.18 bits per heavy atom. The molecule has 6 heteroatoms. The fourth-order valence-electron chi connectivity index (χ4n) is 1.17. The first-order valence-electron chi connectivity index (χ1n) is 5.13. The van der Waals surface area contributed by atoms with E-state index in [4.69, 9.17) is 0 Å². The first-order valence-corrected chi connectivity index (χ1v) is 7.02. The van der Waals surface area contributed by atoms with Crippen molar-refractivity contribution in [2.24, 2.45) is 0 Å². The third kappa shape index (κ3) is 3.83. The van der Waals surface area contributed by atoms with Crippen molar-refractivity contribution in [3.05, 3.63) is 24.3 Å². The second kappa shape index (κ2) is 5.29. The number of carbonyl (C=O) groups is 1. The number of hydrogen-bond donors (Lipinski definition) is 2. The molecule has 1 aromatic carbocycles. The summed E-state index contributed by atoms with van der Waals surface area (Å²) in [6, 6.07) is 5.77. The predicted octanol–water partition coefficient (Wildman–Crippen LogP) is 0.636. The number of carbonyl (C=O) groups excluding carboxylic acids is 1. The van der Waals surface area contributed by atoms with Crippen LogP contribution in [0.3, 0.4) is 0 Å². The smallest absolute Gasteiger partial charge is 0.241 e. The van der Waals surface area contributed by atoms with E-state index in [0.717, 1.165) is 6.26 Å². The molecule has 0 radical (unpaired) electrons. The van der Waals surface area contributed by atoms with Crippen LogP contribution in [-0.4, -0.2) is 33.7 Å². The highest BCUT2D eigenvalue weighted by Crippen LogP contribution is 2.13. The molecule has 1 unspecified atom stereocenters. The third-order valence-corrected chi connectivity index (χ3v) is 3.50. The molecule has 1 atom stereocenters. The Balaban J connectivity index is 2.79. The van der Waals surface area contributed by atoms with Crippen LogP contribution in [0.1, 0.15) is 6.92 Å². The average molecular weight is 256 g/mol. The zero-order valence-electron chi connectivity index (χ0n) is 10.0. The normalized spacial score (nSPS) is 13.1. The van der Waals surface area contributed by atoms with E-state index >= 15 is 0 Å². The van der Waals surface area contributed by atoms with Crippen molar-refractivity contribution in [1.82, 2.24) is 5.32 Å². The van der Waals surface area contributed by atoms with Crippen LogP contribution in [-0.2, 0) is 14.6 Å². The van der Waals surface area contributed by atoms with Gasteiger partial charge in [-0.15, -0.1) is 0 Å². The average Bonchev–Trinajstić information content (AvgIpc) is 2.27. The van der Waals surface area contributed by atoms with Crippen molar-refractivity contribution >= 4 is 21.4 Å². The predicted molar refractivity (Wildman–Crippen MR) is 66.7 cm³/mol. The Bertz CT molecular complexity index is 494. The molecule has 0 aromatic heterocycles. The zero-order valence-corrected chi connectivity index (χ0v) is 10.8. The van der Waals surface area contributed by atoms with Gasteiger partial charge in [-0.25, -0.2) is 8.42 Å². The first kappa shape index (κ1) is 13.7. The molecule has 1 amide bonds. The maximum Gasteiger partial charge on any atom is 0.241 e. The topological polar surface area (TPSA) is 75.3 Å². The highest BCUT2D eigenvalue weighted by atomic mass is 32.2. The third-order valence-electron chi connectivity index (χ3n) is 2.38. The van der Waals surface area contributed by atoms with Crippen molar-refractivity contribution in [3.8, 4) is 0 Å². The highest BCUT2D eigenvalue weighted by molar-refractivity contribution is 7.90. The second-order valence-electron chi connectivity index (χ2n) is 3.80. The summed E-state index contributed by atoms with van der Waals surface area (Å²) in [7, 11) is -1.50. The lowest BCUT2D eigenvalue weighted by molar-refractivity contribution is -0.117. The van der Waals surface area contributed by atoms with Crippen LogP contribution in [0.25, 0.3) is 0 Å². The molecular weight excluding hydrogens is 240 g/mol. The molecule has 0 spiro atoms. The number of rotatable bonds is 4. The Kier molecular flexibility index (Phi) is 4.25. The Hall–Kier alpha value is -1.40. The fourth-order valence-corrected chi connectivity index (χ4v) is 1.80. The van der Waals surface area contributed by atoms with Crippen LogP contribution in [0, 0.1) is 0 Å². The summed E-state index contributed by atoms with van der Waals surface area (Å²) in [4.78, 5) is 11.8. The van der Waals surface area contributed by atoms with Gasteiger partial charge in [0.2, 0.25) is 5.91 Å². The molecule has 0 aliphatic heterocycles. The SMILES string of the molecule is CNC(C)C(=O)Nc1ccc(S(C)(=O)=O)cc1. The lowest BCUT2D eigenvalue weighted by atomic mass is 10.3. The van der Waals surface area contributed by atoms with Crippen LogP contribution >= 0.6 is 0 Å². The van der Waals surface area contributed by atoms with E-state index in [9.17, 15) is 13.2 Å². The molecule has 0 aliphatic carbocycles. The maximum absolute atomic E-state index is 11.5. The van der Waals surface area contributed by atoms with Gasteiger partial charge in [-0.3, -0.25) is 4.79 Å². The van der Waals surface area contributed by atoms with Crippen molar-refractivity contribution in [2.75, 3.05) is 18.6 Å². The monoisotopic (exact) mass is 256 g/mol. The van der Waals surface area contributed by atoms with E-state index in [1.165, 1.54) is 12.1 Å². The van der Waals surface area contributed by atoms with E-state index in [0.29, 0.717) is 5.69 Å². The Labute approximate surface area is 101 Å². The summed E-state index contributed by atoms with van der Waals surface area (Å²) in [5, 5.41) is 5.49. The molecule has 1 rings (SSSR count). The van der Waals surface area contributed by atoms with Crippen molar-refractivity contribution < 1.29 is 13.2 Å². The largest absolute Gasteiger partial charge is 0.325 e. The van der Waals surface area contributed by atoms with Crippen LogP contribution < -0.4 is 10.6 Å². The summed E-state index contributed by atoms with van der Waals surface area (Å²) in [6.45, 7) is 1.74. The molecule has 0 saturated heterocycles. The number of hydrogen-bond acceptors (Lipinski definition) is 4. The van der Waals surface area contributed by atoms with E-state index < -0.39 is 9.84 Å². The molecule has 0 aliphatic rings. The van der Waals surface area contributed by atoms with Gasteiger partial charge in [0.05, 0.1) is 10.9 Å². The van der Waals surface area contributed by atoms with Crippen LogP contribution in [0.2, 0.25) is 0 Å². The molecule has 0 bridgehead atoms. The Morgan fingerprint density at radius 2 is 1.76 bits per heavy atom. The molecular formula is C11H16N2O3S. The van der Waals surface area contributed by atoms with Gasteiger partial charge in [0.15, 0.2) is 9.84 Å². The van der Waals surface area contributed by atoms with E-state index in [-0.39, 0.29) is 16.8 Å². The van der Waals surface area contributed by atoms with Crippen LogP contribution in [0.5, 0.6) is 0 Å². The van der Waals surface area contributed by atoms with E-state index in [1.807, 2.05) is 0 Å². The number of benzene rings is 1. The van der Waals surface area contributed by atoms with Gasteiger partial charge in [0, 0.05) is 11.9 Å². The van der Waals surface area contributed by atoms with Gasteiger partial charge in [0.1, 0.15) is 0 Å². The maximum atomic E-state index is 11.5. The number of anilines is 1. The molecule has 1 aromatic rings. The standard InChI is InChI=1S/C11H16N2O3S/c1-8(12-2)11(14)13-9-4-6-10(7-5-9)17(3,15)16/h4-8,12H,1-3H3,(H,13,14). The molecule has 17 heavy (non-hydrogen) atoms. The minimum Gasteiger partial charge on any atom is -0.325 e. The van der Waals surface area contributed by atoms with Crippen molar-refractivity contribution in [1.29, 1.82) is 0 Å². The van der Waals surface area contributed by atoms with Gasteiger partial charge in [0.25, 0.3) is 0 Å². The van der Waals surface area contributed by atoms with E-state index in [1.54, 1.807) is 26.1 Å². The van der Waals surface area contributed by atoms with Crippen molar-refractivity contribution in [2.45, 2.75) is 17.9 Å². The second-order valence-corrected chi connectivity index (χ2v) is 5.81. The van der Waals surface area contributed by atoms with Gasteiger partial charge < -0.3 is 10.6 Å². The number of sulfone groups is 1. The lowest BCUT2D eigenvalue weighted by Gasteiger charge is -2.11. The number of nitrogens with one attached hydrogen (secondary N) is 2. The molecule has 2 N–H and O–H groups in total. The number of likely N-dealkylation sites (N-methyl/N-ethyl adjacent to an activating group) is 1. The zero-order chi connectivity index (χ0) is 13.1. The lowest BCUT2D eigenvalue weighted by Crippen LogP contribution is -2.35. The highest BCUT2D eigenvalue weighted by Gasteiger charge is 2.11. The molecule has 5 nitrogen and oxygen atoms in total. The summed E-state index contributed by atoms with van der Waals surface area (Å²) < 4.78 is 22.4. The van der Waals surface area contributed by atoms with Gasteiger partial charge >= 0.3 is 0 Å². The Morgan fingerprint density at radius 1 is 1.24 bits per heavy atom. The summed E-state index contributed by atoms with van der Waals surface area (Å²) in [6.07, 6.45) is 1.14. The molecule has 0 heterocycles. The van der Waals surface area contributed by atoms with Crippen LogP contribution in [0.15, 0.2) is 29.2 Å². The van der Waals surface area contributed by atoms with Gasteiger partial charge in [-0.1, -0.05) is 0 Å². The molecule has 0 saturated carbocycles. The quantitative estimate of drug-likeness (QED) is 0.829. The van der Waals surface area contributed by atoms with E-state index in [2.05, 4.69) is 10.6 Å².